The Hall–Kier alpha value is -1.50. The van der Waals surface area contributed by atoms with Crippen LogP contribution in [0.3, 0.4) is 0 Å². The molecular weight excluding hydrogens is 194 g/mol. The minimum Gasteiger partial charge on any atom is -0.385 e. The van der Waals surface area contributed by atoms with Crippen molar-refractivity contribution in [3.05, 3.63) is 53.7 Å². The molecule has 0 spiro atoms. The molecule has 1 aliphatic rings. The zero-order valence-corrected chi connectivity index (χ0v) is 9.87. The molecule has 1 aliphatic carbocycles. The van der Waals surface area contributed by atoms with Crippen LogP contribution in [-0.4, -0.2) is 6.54 Å². The van der Waals surface area contributed by atoms with Gasteiger partial charge >= 0.3 is 0 Å². The third kappa shape index (κ3) is 3.27. The number of hydrogen-bond acceptors (Lipinski definition) is 1. The highest BCUT2D eigenvalue weighted by Gasteiger charge is 2.24. The van der Waals surface area contributed by atoms with Gasteiger partial charge in [-0.2, -0.15) is 0 Å². The monoisotopic (exact) mass is 213 g/mol. The highest BCUT2D eigenvalue weighted by Crippen LogP contribution is 2.33. The average molecular weight is 213 g/mol. The van der Waals surface area contributed by atoms with Crippen molar-refractivity contribution in [2.75, 3.05) is 6.54 Å². The standard InChI is InChI=1S/C15H19N/c1-12(10-14-6-4-3-5-7-14)11-16-13(2)15-8-9-15/h3-7,10,15-16H,2,8-9,11H2,1H3/b12-10-. The first-order chi connectivity index (χ1) is 7.75. The quantitative estimate of drug-likeness (QED) is 0.788. The summed E-state index contributed by atoms with van der Waals surface area (Å²) >= 11 is 0. The summed E-state index contributed by atoms with van der Waals surface area (Å²) in [7, 11) is 0. The molecule has 84 valence electrons. The second-order valence-corrected chi connectivity index (χ2v) is 4.55. The molecule has 1 nitrogen and oxygen atoms in total. The van der Waals surface area contributed by atoms with Gasteiger partial charge in [0.2, 0.25) is 0 Å². The van der Waals surface area contributed by atoms with E-state index in [0.29, 0.717) is 0 Å². The van der Waals surface area contributed by atoms with Crippen molar-refractivity contribution >= 4 is 6.08 Å². The number of nitrogens with one attached hydrogen (secondary N) is 1. The molecule has 2 rings (SSSR count). The molecule has 1 N–H and O–H groups in total. The van der Waals surface area contributed by atoms with Gasteiger partial charge in [0.05, 0.1) is 0 Å². The van der Waals surface area contributed by atoms with Crippen molar-refractivity contribution in [2.45, 2.75) is 19.8 Å². The zero-order chi connectivity index (χ0) is 11.4. The maximum atomic E-state index is 4.06. The SMILES string of the molecule is C=C(NC/C(C)=C\c1ccccc1)C1CC1. The van der Waals surface area contributed by atoms with Crippen LogP contribution in [0, 0.1) is 5.92 Å². The Morgan fingerprint density at radius 3 is 2.69 bits per heavy atom. The van der Waals surface area contributed by atoms with Gasteiger partial charge in [0, 0.05) is 12.2 Å². The van der Waals surface area contributed by atoms with Crippen molar-refractivity contribution < 1.29 is 0 Å². The van der Waals surface area contributed by atoms with Crippen molar-refractivity contribution in [1.29, 1.82) is 0 Å². The fourth-order valence-electron chi connectivity index (χ4n) is 1.71. The molecule has 0 saturated heterocycles. The van der Waals surface area contributed by atoms with E-state index in [9.17, 15) is 0 Å². The molecular formula is C15H19N. The first-order valence-electron chi connectivity index (χ1n) is 5.90. The first kappa shape index (κ1) is 11.0. The fraction of sp³-hybridized carbons (Fsp3) is 0.333. The minimum atomic E-state index is 0.740. The van der Waals surface area contributed by atoms with Crippen LogP contribution in [0.4, 0.5) is 0 Å². The van der Waals surface area contributed by atoms with E-state index in [1.165, 1.54) is 29.7 Å². The Labute approximate surface area is 97.9 Å². The predicted molar refractivity (Wildman–Crippen MR) is 70.0 cm³/mol. The zero-order valence-electron chi connectivity index (χ0n) is 9.87. The Morgan fingerprint density at radius 2 is 2.06 bits per heavy atom. The normalized spacial score (nSPS) is 15.9. The summed E-state index contributed by atoms with van der Waals surface area (Å²) in [5.74, 6) is 0.740. The van der Waals surface area contributed by atoms with Crippen molar-refractivity contribution in [1.82, 2.24) is 5.32 Å². The molecule has 1 saturated carbocycles. The molecule has 1 fully saturated rings. The van der Waals surface area contributed by atoms with Crippen LogP contribution < -0.4 is 5.32 Å². The Balaban J connectivity index is 1.85. The van der Waals surface area contributed by atoms with Gasteiger partial charge in [-0.05, 0) is 31.2 Å². The molecule has 0 atom stereocenters. The maximum absolute atomic E-state index is 4.06. The van der Waals surface area contributed by atoms with Crippen molar-refractivity contribution in [2.24, 2.45) is 5.92 Å². The van der Waals surface area contributed by atoms with Crippen LogP contribution >= 0.6 is 0 Å². The number of allylic oxidation sites excluding steroid dienone is 1. The van der Waals surface area contributed by atoms with E-state index in [1.54, 1.807) is 0 Å². The smallest absolute Gasteiger partial charge is 0.0357 e. The molecule has 0 aromatic heterocycles. The summed E-state index contributed by atoms with van der Waals surface area (Å²) in [5, 5.41) is 3.40. The number of rotatable bonds is 5. The Bertz CT molecular complexity index is 385. The summed E-state index contributed by atoms with van der Waals surface area (Å²) in [6.07, 6.45) is 4.84. The van der Waals surface area contributed by atoms with Crippen LogP contribution in [0.1, 0.15) is 25.3 Å². The topological polar surface area (TPSA) is 12.0 Å². The van der Waals surface area contributed by atoms with E-state index in [2.05, 4.69) is 49.2 Å². The molecule has 1 aromatic carbocycles. The summed E-state index contributed by atoms with van der Waals surface area (Å²) in [6.45, 7) is 7.12. The fourth-order valence-corrected chi connectivity index (χ4v) is 1.71. The molecule has 16 heavy (non-hydrogen) atoms. The van der Waals surface area contributed by atoms with Gasteiger partial charge in [-0.3, -0.25) is 0 Å². The van der Waals surface area contributed by atoms with Gasteiger partial charge in [0.1, 0.15) is 0 Å². The lowest BCUT2D eigenvalue weighted by atomic mass is 10.1. The summed E-state index contributed by atoms with van der Waals surface area (Å²) in [5.41, 5.74) is 3.81. The van der Waals surface area contributed by atoms with E-state index in [0.717, 1.165) is 12.5 Å². The van der Waals surface area contributed by atoms with Crippen LogP contribution in [0.2, 0.25) is 0 Å². The Morgan fingerprint density at radius 1 is 1.38 bits per heavy atom. The largest absolute Gasteiger partial charge is 0.385 e. The van der Waals surface area contributed by atoms with Crippen LogP contribution in [0.15, 0.2) is 48.2 Å². The lowest BCUT2D eigenvalue weighted by Crippen LogP contribution is -2.15. The second-order valence-electron chi connectivity index (χ2n) is 4.55. The van der Waals surface area contributed by atoms with Gasteiger partial charge in [0.25, 0.3) is 0 Å². The van der Waals surface area contributed by atoms with E-state index in [4.69, 9.17) is 0 Å². The number of benzene rings is 1. The third-order valence-electron chi connectivity index (χ3n) is 2.88. The summed E-state index contributed by atoms with van der Waals surface area (Å²) in [4.78, 5) is 0. The van der Waals surface area contributed by atoms with Gasteiger partial charge in [-0.25, -0.2) is 0 Å². The average Bonchev–Trinajstić information content (AvgIpc) is 3.11. The van der Waals surface area contributed by atoms with Gasteiger partial charge < -0.3 is 5.32 Å². The highest BCUT2D eigenvalue weighted by molar-refractivity contribution is 5.52. The van der Waals surface area contributed by atoms with Gasteiger partial charge in [-0.15, -0.1) is 0 Å². The number of hydrogen-bond donors (Lipinski definition) is 1. The van der Waals surface area contributed by atoms with E-state index in [1.807, 2.05) is 6.07 Å². The first-order valence-corrected chi connectivity index (χ1v) is 5.90. The summed E-state index contributed by atoms with van der Waals surface area (Å²) < 4.78 is 0. The Kier molecular flexibility index (Phi) is 3.45. The molecule has 1 aromatic rings. The van der Waals surface area contributed by atoms with E-state index >= 15 is 0 Å². The molecule has 0 aliphatic heterocycles. The minimum absolute atomic E-state index is 0.740. The van der Waals surface area contributed by atoms with E-state index < -0.39 is 0 Å². The van der Waals surface area contributed by atoms with Crippen molar-refractivity contribution in [3.8, 4) is 0 Å². The van der Waals surface area contributed by atoms with Crippen molar-refractivity contribution in [3.63, 3.8) is 0 Å². The van der Waals surface area contributed by atoms with Crippen LogP contribution in [0.5, 0.6) is 0 Å². The van der Waals surface area contributed by atoms with Gasteiger partial charge in [-0.1, -0.05) is 48.6 Å². The summed E-state index contributed by atoms with van der Waals surface area (Å²) in [6, 6.07) is 10.4. The second kappa shape index (κ2) is 5.02. The lowest BCUT2D eigenvalue weighted by Gasteiger charge is -2.08. The molecule has 1 heteroatoms. The molecule has 0 radical (unpaired) electrons. The maximum Gasteiger partial charge on any atom is 0.0357 e. The predicted octanol–water partition coefficient (Wildman–Crippen LogP) is 3.60. The van der Waals surface area contributed by atoms with Gasteiger partial charge in [0.15, 0.2) is 0 Å². The molecule has 0 unspecified atom stereocenters. The van der Waals surface area contributed by atoms with E-state index in [-0.39, 0.29) is 0 Å². The molecule has 0 bridgehead atoms. The third-order valence-corrected chi connectivity index (χ3v) is 2.88. The molecule has 0 heterocycles. The highest BCUT2D eigenvalue weighted by atomic mass is 14.9. The van der Waals surface area contributed by atoms with Crippen LogP contribution in [-0.2, 0) is 0 Å². The molecule has 0 amide bonds. The lowest BCUT2D eigenvalue weighted by molar-refractivity contribution is 0.791. The van der Waals surface area contributed by atoms with Crippen LogP contribution in [0.25, 0.3) is 6.08 Å².